The van der Waals surface area contributed by atoms with Crippen molar-refractivity contribution in [1.29, 1.82) is 0 Å². The van der Waals surface area contributed by atoms with Gasteiger partial charge < -0.3 is 14.5 Å². The third kappa shape index (κ3) is 7.41. The molecular weight excluding hydrogens is 296 g/mol. The fourth-order valence-electron chi connectivity index (χ4n) is 4.33. The summed E-state index contributed by atoms with van der Waals surface area (Å²) < 4.78 is 5.64. The number of unbranched alkanes of at least 4 members (excludes halogenated alkanes) is 1. The van der Waals surface area contributed by atoms with Crippen LogP contribution in [0, 0.1) is 11.8 Å². The highest BCUT2D eigenvalue weighted by molar-refractivity contribution is 4.79. The van der Waals surface area contributed by atoms with Gasteiger partial charge in [0, 0.05) is 19.2 Å². The molecule has 0 amide bonds. The number of nitrogens with zero attached hydrogens (tertiary/aromatic N) is 2. The Kier molecular flexibility index (Phi) is 9.07. The van der Waals surface area contributed by atoms with Crippen LogP contribution in [0.1, 0.15) is 72.6 Å². The number of hydrogen-bond donors (Lipinski definition) is 0. The Morgan fingerprint density at radius 3 is 2.04 bits per heavy atom. The molecule has 0 saturated carbocycles. The summed E-state index contributed by atoms with van der Waals surface area (Å²) in [4.78, 5) is 5.40. The molecule has 142 valence electrons. The lowest BCUT2D eigenvalue weighted by molar-refractivity contribution is 0.0733. The lowest BCUT2D eigenvalue weighted by Crippen LogP contribution is -2.43. The van der Waals surface area contributed by atoms with Crippen LogP contribution in [0.3, 0.4) is 0 Å². The monoisotopic (exact) mass is 338 g/mol. The highest BCUT2D eigenvalue weighted by atomic mass is 16.5. The summed E-state index contributed by atoms with van der Waals surface area (Å²) in [6, 6.07) is 0.729. The minimum Gasteiger partial charge on any atom is -0.379 e. The van der Waals surface area contributed by atoms with Crippen LogP contribution in [-0.4, -0.2) is 61.3 Å². The molecule has 0 aromatic carbocycles. The predicted octanol–water partition coefficient (Wildman–Crippen LogP) is 4.41. The number of ether oxygens (including phenoxy) is 1. The van der Waals surface area contributed by atoms with E-state index in [-0.39, 0.29) is 0 Å². The summed E-state index contributed by atoms with van der Waals surface area (Å²) in [6.45, 7) is 16.6. The van der Waals surface area contributed by atoms with Crippen molar-refractivity contribution in [3.8, 4) is 0 Å². The van der Waals surface area contributed by atoms with Gasteiger partial charge >= 0.3 is 0 Å². The topological polar surface area (TPSA) is 15.7 Å². The number of hydrogen-bond acceptors (Lipinski definition) is 3. The van der Waals surface area contributed by atoms with Crippen LogP contribution in [0.15, 0.2) is 0 Å². The van der Waals surface area contributed by atoms with E-state index in [4.69, 9.17) is 4.74 Å². The van der Waals surface area contributed by atoms with E-state index in [9.17, 15) is 0 Å². The summed E-state index contributed by atoms with van der Waals surface area (Å²) in [6.07, 6.45) is 10.1. The van der Waals surface area contributed by atoms with Gasteiger partial charge in [-0.2, -0.15) is 0 Å². The van der Waals surface area contributed by atoms with Crippen molar-refractivity contribution in [3.63, 3.8) is 0 Å². The van der Waals surface area contributed by atoms with Crippen LogP contribution in [0.25, 0.3) is 0 Å². The zero-order valence-corrected chi connectivity index (χ0v) is 16.8. The Bertz CT molecular complexity index is 316. The van der Waals surface area contributed by atoms with E-state index < -0.39 is 0 Å². The standard InChI is InChI=1S/C21H42N2O/c1-18(2)23-14-10-21(11-15-23)17-22-12-8-20(9-13-22)7-5-6-16-24-19(3)4/h18-21H,5-17H2,1-4H3. The zero-order chi connectivity index (χ0) is 17.4. The zero-order valence-electron chi connectivity index (χ0n) is 16.8. The van der Waals surface area contributed by atoms with E-state index >= 15 is 0 Å². The highest BCUT2D eigenvalue weighted by Gasteiger charge is 2.25. The highest BCUT2D eigenvalue weighted by Crippen LogP contribution is 2.25. The van der Waals surface area contributed by atoms with Gasteiger partial charge in [0.1, 0.15) is 0 Å². The summed E-state index contributed by atoms with van der Waals surface area (Å²) in [7, 11) is 0. The summed E-state index contributed by atoms with van der Waals surface area (Å²) in [5.41, 5.74) is 0. The first kappa shape index (κ1) is 20.2. The molecule has 0 bridgehead atoms. The van der Waals surface area contributed by atoms with Gasteiger partial charge in [-0.1, -0.05) is 12.8 Å². The van der Waals surface area contributed by atoms with Gasteiger partial charge in [-0.25, -0.2) is 0 Å². The molecule has 2 aliphatic heterocycles. The SMILES string of the molecule is CC(C)OCCCCC1CCN(CC2CCN(C(C)C)CC2)CC1. The number of piperidine rings is 2. The second-order valence-corrected chi connectivity index (χ2v) is 8.73. The van der Waals surface area contributed by atoms with E-state index in [2.05, 4.69) is 37.5 Å². The Labute approximate surface area is 151 Å². The van der Waals surface area contributed by atoms with Gasteiger partial charge in [0.15, 0.2) is 0 Å². The second kappa shape index (κ2) is 10.8. The molecule has 3 heteroatoms. The van der Waals surface area contributed by atoms with Crippen LogP contribution in [0.5, 0.6) is 0 Å². The van der Waals surface area contributed by atoms with Gasteiger partial charge in [-0.05, 0) is 97.8 Å². The molecule has 0 aromatic heterocycles. The molecule has 2 fully saturated rings. The maximum absolute atomic E-state index is 5.64. The Hall–Kier alpha value is -0.120. The average molecular weight is 339 g/mol. The van der Waals surface area contributed by atoms with E-state index in [1.807, 2.05) is 0 Å². The van der Waals surface area contributed by atoms with E-state index in [1.165, 1.54) is 77.7 Å². The first-order valence-electron chi connectivity index (χ1n) is 10.6. The lowest BCUT2D eigenvalue weighted by atomic mass is 9.90. The van der Waals surface area contributed by atoms with Crippen molar-refractivity contribution < 1.29 is 4.74 Å². The van der Waals surface area contributed by atoms with Crippen molar-refractivity contribution in [2.45, 2.75) is 84.8 Å². The fourth-order valence-corrected chi connectivity index (χ4v) is 4.33. The predicted molar refractivity (Wildman–Crippen MR) is 104 cm³/mol. The molecule has 0 unspecified atom stereocenters. The number of rotatable bonds is 9. The van der Waals surface area contributed by atoms with Gasteiger partial charge in [-0.15, -0.1) is 0 Å². The largest absolute Gasteiger partial charge is 0.379 e. The molecule has 0 radical (unpaired) electrons. The molecule has 2 rings (SSSR count). The molecule has 3 nitrogen and oxygen atoms in total. The summed E-state index contributed by atoms with van der Waals surface area (Å²) >= 11 is 0. The minimum atomic E-state index is 0.389. The molecule has 2 saturated heterocycles. The Balaban J connectivity index is 1.52. The van der Waals surface area contributed by atoms with Gasteiger partial charge in [0.25, 0.3) is 0 Å². The minimum absolute atomic E-state index is 0.389. The van der Waals surface area contributed by atoms with Crippen LogP contribution in [0.2, 0.25) is 0 Å². The molecule has 2 heterocycles. The van der Waals surface area contributed by atoms with Crippen molar-refractivity contribution in [2.24, 2.45) is 11.8 Å². The van der Waals surface area contributed by atoms with Crippen molar-refractivity contribution in [3.05, 3.63) is 0 Å². The fraction of sp³-hybridized carbons (Fsp3) is 1.00. The van der Waals surface area contributed by atoms with Crippen LogP contribution in [-0.2, 0) is 4.74 Å². The maximum atomic E-state index is 5.64. The lowest BCUT2D eigenvalue weighted by Gasteiger charge is -2.39. The van der Waals surface area contributed by atoms with Crippen LogP contribution in [0.4, 0.5) is 0 Å². The average Bonchev–Trinajstić information content (AvgIpc) is 2.56. The van der Waals surface area contributed by atoms with Crippen molar-refractivity contribution in [1.82, 2.24) is 9.80 Å². The number of likely N-dealkylation sites (tertiary alicyclic amines) is 2. The van der Waals surface area contributed by atoms with Gasteiger partial charge in [0.05, 0.1) is 6.10 Å². The van der Waals surface area contributed by atoms with E-state index in [1.54, 1.807) is 0 Å². The Morgan fingerprint density at radius 1 is 0.833 bits per heavy atom. The van der Waals surface area contributed by atoms with Gasteiger partial charge in [-0.3, -0.25) is 0 Å². The molecule has 0 atom stereocenters. The normalized spacial score (nSPS) is 22.8. The molecule has 24 heavy (non-hydrogen) atoms. The summed E-state index contributed by atoms with van der Waals surface area (Å²) in [5, 5.41) is 0. The second-order valence-electron chi connectivity index (χ2n) is 8.73. The first-order valence-corrected chi connectivity index (χ1v) is 10.6. The molecule has 2 aliphatic rings. The van der Waals surface area contributed by atoms with E-state index in [0.717, 1.165) is 24.5 Å². The van der Waals surface area contributed by atoms with Crippen LogP contribution >= 0.6 is 0 Å². The Morgan fingerprint density at radius 2 is 1.46 bits per heavy atom. The third-order valence-electron chi connectivity index (χ3n) is 6.06. The smallest absolute Gasteiger partial charge is 0.0518 e. The first-order chi connectivity index (χ1) is 11.5. The molecule has 0 spiro atoms. The van der Waals surface area contributed by atoms with Crippen LogP contribution < -0.4 is 0 Å². The molecule has 0 N–H and O–H groups in total. The van der Waals surface area contributed by atoms with Crippen molar-refractivity contribution in [2.75, 3.05) is 39.3 Å². The summed E-state index contributed by atoms with van der Waals surface area (Å²) in [5.74, 6) is 1.92. The quantitative estimate of drug-likeness (QED) is 0.579. The molecular formula is C21H42N2O. The van der Waals surface area contributed by atoms with Gasteiger partial charge in [0.2, 0.25) is 0 Å². The third-order valence-corrected chi connectivity index (χ3v) is 6.06. The molecule has 0 aliphatic carbocycles. The molecule has 0 aromatic rings. The van der Waals surface area contributed by atoms with E-state index in [0.29, 0.717) is 6.10 Å². The van der Waals surface area contributed by atoms with Crippen molar-refractivity contribution >= 4 is 0 Å². The maximum Gasteiger partial charge on any atom is 0.0518 e.